The van der Waals surface area contributed by atoms with E-state index >= 15 is 0 Å². The number of unbranched alkanes of at least 4 members (excludes halogenated alkanes) is 3. The van der Waals surface area contributed by atoms with E-state index in [1.165, 1.54) is 53.9 Å². The number of nitrogens with zero attached hydrogens (tertiary/aromatic N) is 1. The van der Waals surface area contributed by atoms with Gasteiger partial charge < -0.3 is 10.4 Å². The molecule has 0 bridgehead atoms. The van der Waals surface area contributed by atoms with Gasteiger partial charge in [0.05, 0.1) is 17.7 Å². The van der Waals surface area contributed by atoms with E-state index in [-0.39, 0.29) is 12.3 Å². The van der Waals surface area contributed by atoms with Crippen LogP contribution in [0.4, 0.5) is 10.8 Å². The molecular formula is C23H27N3O3S2. The molecule has 3 N–H and O–H groups in total. The van der Waals surface area contributed by atoms with E-state index in [9.17, 15) is 9.59 Å². The number of hydrogen-bond donors (Lipinski definition) is 3. The average Bonchev–Trinajstić information content (AvgIpc) is 3.39. The molecular weight excluding hydrogens is 430 g/mol. The number of nitrogens with one attached hydrogen (secondary N) is 2. The zero-order chi connectivity index (χ0) is 22.1. The summed E-state index contributed by atoms with van der Waals surface area (Å²) < 4.78 is 0. The molecule has 1 amide bonds. The SMILES string of the molecule is CCCCCCc1ccccc1NCc1cc(C(=O)Nc2nc(CC(=O)O)cs2)cs1. The molecule has 3 aromatic rings. The topological polar surface area (TPSA) is 91.3 Å². The number of aliphatic carboxylic acids is 1. The van der Waals surface area contributed by atoms with Crippen molar-refractivity contribution in [3.05, 3.63) is 62.8 Å². The molecule has 8 heteroatoms. The number of thiophene rings is 1. The molecule has 31 heavy (non-hydrogen) atoms. The van der Waals surface area contributed by atoms with Crippen LogP contribution in [0.1, 0.15) is 59.1 Å². The minimum Gasteiger partial charge on any atom is -0.481 e. The third-order valence-corrected chi connectivity index (χ3v) is 6.53. The zero-order valence-electron chi connectivity index (χ0n) is 17.5. The van der Waals surface area contributed by atoms with Crippen molar-refractivity contribution in [2.75, 3.05) is 10.6 Å². The summed E-state index contributed by atoms with van der Waals surface area (Å²) in [5.41, 5.74) is 3.49. The molecule has 0 radical (unpaired) electrons. The Hall–Kier alpha value is -2.71. The number of hydrogen-bond acceptors (Lipinski definition) is 6. The molecule has 2 aromatic heterocycles. The molecule has 0 spiro atoms. The first-order chi connectivity index (χ1) is 15.0. The zero-order valence-corrected chi connectivity index (χ0v) is 19.2. The van der Waals surface area contributed by atoms with Gasteiger partial charge in [-0.3, -0.25) is 14.9 Å². The van der Waals surface area contributed by atoms with E-state index in [0.717, 1.165) is 17.0 Å². The van der Waals surface area contributed by atoms with Gasteiger partial charge >= 0.3 is 5.97 Å². The van der Waals surface area contributed by atoms with Crippen molar-refractivity contribution < 1.29 is 14.7 Å². The van der Waals surface area contributed by atoms with Crippen molar-refractivity contribution in [2.45, 2.75) is 52.0 Å². The van der Waals surface area contributed by atoms with Gasteiger partial charge in [-0.1, -0.05) is 44.4 Å². The summed E-state index contributed by atoms with van der Waals surface area (Å²) in [6.45, 7) is 2.88. The quantitative estimate of drug-likeness (QED) is 0.298. The number of thiazole rings is 1. The normalized spacial score (nSPS) is 10.7. The number of aryl methyl sites for hydroxylation is 1. The third kappa shape index (κ3) is 7.18. The van der Waals surface area contributed by atoms with Crippen LogP contribution in [0.3, 0.4) is 0 Å². The average molecular weight is 458 g/mol. The van der Waals surface area contributed by atoms with Crippen LogP contribution in [0, 0.1) is 0 Å². The molecule has 6 nitrogen and oxygen atoms in total. The molecule has 0 aliphatic rings. The van der Waals surface area contributed by atoms with Crippen molar-refractivity contribution in [1.82, 2.24) is 4.98 Å². The summed E-state index contributed by atoms with van der Waals surface area (Å²) in [5, 5.41) is 19.0. The predicted octanol–water partition coefficient (Wildman–Crippen LogP) is 5.82. The highest BCUT2D eigenvalue weighted by Gasteiger charge is 2.13. The van der Waals surface area contributed by atoms with Crippen LogP contribution >= 0.6 is 22.7 Å². The van der Waals surface area contributed by atoms with Crippen LogP contribution in [0.2, 0.25) is 0 Å². The Morgan fingerprint density at radius 2 is 1.94 bits per heavy atom. The highest BCUT2D eigenvalue weighted by atomic mass is 32.1. The number of carboxylic acids is 1. The number of para-hydroxylation sites is 1. The number of rotatable bonds is 12. The Kier molecular flexibility index (Phi) is 8.61. The molecule has 0 saturated carbocycles. The monoisotopic (exact) mass is 457 g/mol. The second-order valence-corrected chi connectivity index (χ2v) is 9.15. The van der Waals surface area contributed by atoms with Crippen LogP contribution < -0.4 is 10.6 Å². The van der Waals surface area contributed by atoms with E-state index in [1.54, 1.807) is 5.38 Å². The molecule has 0 aliphatic carbocycles. The molecule has 164 valence electrons. The molecule has 0 aliphatic heterocycles. The Bertz CT molecular complexity index is 1010. The number of amides is 1. The fourth-order valence-electron chi connectivity index (χ4n) is 3.20. The standard InChI is InChI=1S/C23H27N3O3S2/c1-2-3-4-5-8-16-9-6-7-10-20(16)24-13-19-11-17(14-30-19)22(29)26-23-25-18(15-31-23)12-21(27)28/h6-7,9-11,14-15,24H,2-5,8,12-13H2,1H3,(H,27,28)(H,25,26,29). The van der Waals surface area contributed by atoms with Crippen LogP contribution in [0.5, 0.6) is 0 Å². The van der Waals surface area contributed by atoms with Crippen molar-refractivity contribution in [1.29, 1.82) is 0 Å². The van der Waals surface area contributed by atoms with E-state index in [1.807, 2.05) is 17.5 Å². The highest BCUT2D eigenvalue weighted by Crippen LogP contribution is 2.23. The van der Waals surface area contributed by atoms with Crippen LogP contribution in [0.25, 0.3) is 0 Å². The summed E-state index contributed by atoms with van der Waals surface area (Å²) in [5.74, 6) is -1.18. The van der Waals surface area contributed by atoms with Gasteiger partial charge in [0.1, 0.15) is 0 Å². The number of carbonyl (C=O) groups excluding carboxylic acids is 1. The van der Waals surface area contributed by atoms with E-state index in [2.05, 4.69) is 40.7 Å². The molecule has 0 atom stereocenters. The third-order valence-electron chi connectivity index (χ3n) is 4.79. The second-order valence-electron chi connectivity index (χ2n) is 7.29. The number of benzene rings is 1. The maximum Gasteiger partial charge on any atom is 0.309 e. The lowest BCUT2D eigenvalue weighted by Gasteiger charge is -2.11. The van der Waals surface area contributed by atoms with Crippen LogP contribution in [-0.4, -0.2) is 22.0 Å². The number of anilines is 2. The van der Waals surface area contributed by atoms with Gasteiger partial charge in [-0.25, -0.2) is 4.98 Å². The minimum absolute atomic E-state index is 0.152. The second kappa shape index (κ2) is 11.6. The Balaban J connectivity index is 1.54. The van der Waals surface area contributed by atoms with E-state index in [0.29, 0.717) is 22.9 Å². The first-order valence-electron chi connectivity index (χ1n) is 10.4. The minimum atomic E-state index is -0.944. The summed E-state index contributed by atoms with van der Waals surface area (Å²) in [4.78, 5) is 28.5. The Morgan fingerprint density at radius 1 is 1.10 bits per heavy atom. The predicted molar refractivity (Wildman–Crippen MR) is 127 cm³/mol. The first-order valence-corrected chi connectivity index (χ1v) is 12.2. The van der Waals surface area contributed by atoms with Gasteiger partial charge in [0.15, 0.2) is 5.13 Å². The smallest absolute Gasteiger partial charge is 0.309 e. The van der Waals surface area contributed by atoms with Gasteiger partial charge in [-0.2, -0.15) is 0 Å². The fraction of sp³-hybridized carbons (Fsp3) is 0.348. The maximum atomic E-state index is 12.5. The maximum absolute atomic E-state index is 12.5. The molecule has 0 unspecified atom stereocenters. The lowest BCUT2D eigenvalue weighted by molar-refractivity contribution is -0.136. The van der Waals surface area contributed by atoms with Crippen molar-refractivity contribution in [3.8, 4) is 0 Å². The van der Waals surface area contributed by atoms with Crippen LogP contribution in [-0.2, 0) is 24.2 Å². The van der Waals surface area contributed by atoms with E-state index < -0.39 is 5.97 Å². The van der Waals surface area contributed by atoms with Crippen LogP contribution in [0.15, 0.2) is 41.1 Å². The van der Waals surface area contributed by atoms with Gasteiger partial charge in [-0.15, -0.1) is 22.7 Å². The summed E-state index contributed by atoms with van der Waals surface area (Å²) in [7, 11) is 0. The van der Waals surface area contributed by atoms with Crippen molar-refractivity contribution in [2.24, 2.45) is 0 Å². The molecule has 2 heterocycles. The number of carbonyl (C=O) groups is 2. The highest BCUT2D eigenvalue weighted by molar-refractivity contribution is 7.14. The van der Waals surface area contributed by atoms with Crippen molar-refractivity contribution in [3.63, 3.8) is 0 Å². The summed E-state index contributed by atoms with van der Waals surface area (Å²) in [6.07, 6.45) is 5.88. The van der Waals surface area contributed by atoms with E-state index in [4.69, 9.17) is 5.11 Å². The van der Waals surface area contributed by atoms with Gasteiger partial charge in [0, 0.05) is 27.9 Å². The largest absolute Gasteiger partial charge is 0.481 e. The lowest BCUT2D eigenvalue weighted by Crippen LogP contribution is -2.11. The number of carboxylic acid groups (broad SMARTS) is 1. The molecule has 3 rings (SSSR count). The number of aromatic nitrogens is 1. The summed E-state index contributed by atoms with van der Waals surface area (Å²) >= 11 is 2.76. The first kappa shape index (κ1) is 23.0. The Morgan fingerprint density at radius 3 is 2.74 bits per heavy atom. The fourth-order valence-corrected chi connectivity index (χ4v) is 4.71. The molecule has 0 fully saturated rings. The van der Waals surface area contributed by atoms with Gasteiger partial charge in [0.25, 0.3) is 5.91 Å². The Labute approximate surface area is 190 Å². The van der Waals surface area contributed by atoms with Crippen molar-refractivity contribution >= 4 is 45.4 Å². The van der Waals surface area contributed by atoms with Gasteiger partial charge in [-0.05, 0) is 30.5 Å². The molecule has 0 saturated heterocycles. The lowest BCUT2D eigenvalue weighted by atomic mass is 10.0. The molecule has 1 aromatic carbocycles. The summed E-state index contributed by atoms with van der Waals surface area (Å²) in [6, 6.07) is 10.3. The van der Waals surface area contributed by atoms with Gasteiger partial charge in [0.2, 0.25) is 0 Å².